The maximum Gasteiger partial charge on any atom is 0.251 e. The molecule has 1 heterocycles. The summed E-state index contributed by atoms with van der Waals surface area (Å²) in [5, 5.41) is 16.1. The lowest BCUT2D eigenvalue weighted by Gasteiger charge is -2.39. The number of rotatable bonds is 8. The summed E-state index contributed by atoms with van der Waals surface area (Å²) in [6.07, 6.45) is 11.1. The van der Waals surface area contributed by atoms with E-state index in [0.717, 1.165) is 43.6 Å². The highest BCUT2D eigenvalue weighted by atomic mass is 16.5. The van der Waals surface area contributed by atoms with E-state index in [1.807, 2.05) is 20.0 Å². The van der Waals surface area contributed by atoms with Crippen molar-refractivity contribution >= 4 is 23.3 Å². The highest BCUT2D eigenvalue weighted by molar-refractivity contribution is 6.04. The van der Waals surface area contributed by atoms with Crippen LogP contribution in [0, 0.1) is 5.41 Å². The molecule has 1 aliphatic heterocycles. The number of nitrogens with zero attached hydrogens (tertiary/aromatic N) is 3. The Morgan fingerprint density at radius 2 is 1.88 bits per heavy atom. The number of aliphatic hydroxyl groups excluding tert-OH is 1. The average molecular weight is 580 g/mol. The fraction of sp³-hybridized carbons (Fsp3) is 0.606. The summed E-state index contributed by atoms with van der Waals surface area (Å²) in [6.45, 7) is 10.9. The SMILES string of the molecule is C=C(/N=C1\C(=C/C)N(C)C(=O)C(C)(CC)CN1C1CCCCC1)Nc1ccc(C(=O)NC2CCC(O)CC2)cc1OC. The van der Waals surface area contributed by atoms with Crippen LogP contribution < -0.4 is 15.4 Å². The molecule has 42 heavy (non-hydrogen) atoms. The number of hydrogen-bond acceptors (Lipinski definition) is 6. The summed E-state index contributed by atoms with van der Waals surface area (Å²) in [6, 6.07) is 5.65. The molecule has 9 nitrogen and oxygen atoms in total. The van der Waals surface area contributed by atoms with E-state index in [-0.39, 0.29) is 24.0 Å². The summed E-state index contributed by atoms with van der Waals surface area (Å²) in [4.78, 5) is 35.7. The molecule has 230 valence electrons. The summed E-state index contributed by atoms with van der Waals surface area (Å²) in [7, 11) is 3.41. The lowest BCUT2D eigenvalue weighted by Crippen LogP contribution is -2.47. The first-order chi connectivity index (χ1) is 20.1. The van der Waals surface area contributed by atoms with Crippen LogP contribution in [0.5, 0.6) is 5.75 Å². The van der Waals surface area contributed by atoms with Gasteiger partial charge in [-0.25, -0.2) is 4.99 Å². The second-order valence-electron chi connectivity index (χ2n) is 12.3. The van der Waals surface area contributed by atoms with Crippen molar-refractivity contribution in [3.05, 3.63) is 47.9 Å². The summed E-state index contributed by atoms with van der Waals surface area (Å²) >= 11 is 0. The molecule has 3 fully saturated rings. The Labute approximate surface area is 251 Å². The number of amides is 2. The molecular formula is C33H49N5O4. The van der Waals surface area contributed by atoms with Gasteiger partial charge in [-0.2, -0.15) is 0 Å². The molecule has 2 saturated carbocycles. The van der Waals surface area contributed by atoms with Crippen LogP contribution in [0.2, 0.25) is 0 Å². The first-order valence-electron chi connectivity index (χ1n) is 15.5. The Morgan fingerprint density at radius 1 is 1.19 bits per heavy atom. The van der Waals surface area contributed by atoms with E-state index in [1.165, 1.54) is 19.3 Å². The Balaban J connectivity index is 1.59. The van der Waals surface area contributed by atoms with E-state index in [9.17, 15) is 14.7 Å². The fourth-order valence-corrected chi connectivity index (χ4v) is 6.47. The minimum absolute atomic E-state index is 0.0624. The molecule has 3 aliphatic rings. The van der Waals surface area contributed by atoms with Crippen molar-refractivity contribution in [3.8, 4) is 5.75 Å². The van der Waals surface area contributed by atoms with Crippen molar-refractivity contribution in [1.29, 1.82) is 0 Å². The molecule has 2 aliphatic carbocycles. The lowest BCUT2D eigenvalue weighted by molar-refractivity contribution is -0.138. The van der Waals surface area contributed by atoms with Gasteiger partial charge < -0.3 is 30.3 Å². The predicted molar refractivity (Wildman–Crippen MR) is 167 cm³/mol. The zero-order valence-corrected chi connectivity index (χ0v) is 26.0. The third-order valence-electron chi connectivity index (χ3n) is 9.29. The zero-order chi connectivity index (χ0) is 30.4. The number of carbonyl (C=O) groups excluding carboxylic acids is 2. The number of likely N-dealkylation sites (N-methyl/N-ethyl adjacent to an activating group) is 1. The zero-order valence-electron chi connectivity index (χ0n) is 26.0. The quantitative estimate of drug-likeness (QED) is 0.379. The molecule has 4 rings (SSSR count). The van der Waals surface area contributed by atoms with Crippen LogP contribution in [0.3, 0.4) is 0 Å². The maximum absolute atomic E-state index is 13.6. The van der Waals surface area contributed by atoms with E-state index in [4.69, 9.17) is 9.73 Å². The van der Waals surface area contributed by atoms with Crippen LogP contribution in [0.25, 0.3) is 0 Å². The summed E-state index contributed by atoms with van der Waals surface area (Å²) in [5.41, 5.74) is 1.40. The van der Waals surface area contributed by atoms with Gasteiger partial charge in [0.25, 0.3) is 5.91 Å². The van der Waals surface area contributed by atoms with E-state index >= 15 is 0 Å². The van der Waals surface area contributed by atoms with Gasteiger partial charge in [-0.05, 0) is 77.0 Å². The van der Waals surface area contributed by atoms with E-state index in [2.05, 4.69) is 36.0 Å². The van der Waals surface area contributed by atoms with E-state index < -0.39 is 5.41 Å². The fourth-order valence-electron chi connectivity index (χ4n) is 6.47. The van der Waals surface area contributed by atoms with E-state index in [0.29, 0.717) is 48.2 Å². The molecule has 0 spiro atoms. The number of carbonyl (C=O) groups is 2. The minimum Gasteiger partial charge on any atom is -0.495 e. The third-order valence-corrected chi connectivity index (χ3v) is 9.29. The normalized spacial score (nSPS) is 27.6. The largest absolute Gasteiger partial charge is 0.495 e. The highest BCUT2D eigenvalue weighted by Crippen LogP contribution is 2.36. The first-order valence-corrected chi connectivity index (χ1v) is 15.5. The minimum atomic E-state index is -0.524. The van der Waals surface area contributed by atoms with Crippen LogP contribution in [-0.2, 0) is 4.79 Å². The number of aliphatic imine (C=N–C) groups is 1. The molecule has 2 amide bonds. The number of methoxy groups -OCH3 is 1. The Bertz CT molecular complexity index is 1210. The van der Waals surface area contributed by atoms with Gasteiger partial charge >= 0.3 is 0 Å². The van der Waals surface area contributed by atoms with Crippen molar-refractivity contribution in [2.45, 2.75) is 103 Å². The van der Waals surface area contributed by atoms with Gasteiger partial charge in [0.15, 0.2) is 5.84 Å². The number of nitrogens with one attached hydrogen (secondary N) is 2. The van der Waals surface area contributed by atoms with Crippen LogP contribution in [-0.4, -0.2) is 71.4 Å². The number of allylic oxidation sites excluding steroid dienone is 1. The second-order valence-corrected chi connectivity index (χ2v) is 12.3. The molecule has 0 radical (unpaired) electrons. The highest BCUT2D eigenvalue weighted by Gasteiger charge is 2.44. The van der Waals surface area contributed by atoms with Crippen LogP contribution >= 0.6 is 0 Å². The number of amidine groups is 1. The van der Waals surface area contributed by atoms with Crippen molar-refractivity contribution in [1.82, 2.24) is 15.1 Å². The van der Waals surface area contributed by atoms with Gasteiger partial charge in [-0.15, -0.1) is 0 Å². The molecule has 3 N–H and O–H groups in total. The van der Waals surface area contributed by atoms with Gasteiger partial charge in [0.05, 0.1) is 30.0 Å². The molecule has 1 unspecified atom stereocenters. The number of aliphatic hydroxyl groups is 1. The van der Waals surface area contributed by atoms with Crippen molar-refractivity contribution in [3.63, 3.8) is 0 Å². The molecule has 1 aromatic carbocycles. The predicted octanol–water partition coefficient (Wildman–Crippen LogP) is 5.44. The van der Waals surface area contributed by atoms with Gasteiger partial charge in [0.1, 0.15) is 11.6 Å². The van der Waals surface area contributed by atoms with Gasteiger partial charge in [0.2, 0.25) is 5.91 Å². The second kappa shape index (κ2) is 13.8. The third kappa shape index (κ3) is 7.00. The first kappa shape index (κ1) is 31.6. The topological polar surface area (TPSA) is 107 Å². The molecule has 1 atom stereocenters. The van der Waals surface area contributed by atoms with Gasteiger partial charge in [-0.3, -0.25) is 9.59 Å². The molecule has 0 bridgehead atoms. The Hall–Kier alpha value is -3.33. The molecule has 0 aromatic heterocycles. The number of benzene rings is 1. The molecule has 1 aromatic rings. The molecular weight excluding hydrogens is 530 g/mol. The van der Waals surface area contributed by atoms with Crippen LogP contribution in [0.1, 0.15) is 95.3 Å². The number of anilines is 1. The van der Waals surface area contributed by atoms with Gasteiger partial charge in [-0.1, -0.05) is 38.8 Å². The smallest absolute Gasteiger partial charge is 0.251 e. The summed E-state index contributed by atoms with van der Waals surface area (Å²) in [5.74, 6) is 1.61. The maximum atomic E-state index is 13.6. The van der Waals surface area contributed by atoms with Crippen molar-refractivity contribution in [2.75, 3.05) is 26.0 Å². The number of hydrogen-bond donors (Lipinski definition) is 3. The van der Waals surface area contributed by atoms with E-state index in [1.54, 1.807) is 30.2 Å². The Kier molecular flexibility index (Phi) is 10.4. The van der Waals surface area contributed by atoms with Crippen molar-refractivity contribution < 1.29 is 19.4 Å². The van der Waals surface area contributed by atoms with Gasteiger partial charge in [0, 0.05) is 31.2 Å². The monoisotopic (exact) mass is 579 g/mol. The van der Waals surface area contributed by atoms with Crippen LogP contribution in [0.4, 0.5) is 5.69 Å². The summed E-state index contributed by atoms with van der Waals surface area (Å²) < 4.78 is 5.64. The van der Waals surface area contributed by atoms with Crippen LogP contribution in [0.15, 0.2) is 47.4 Å². The van der Waals surface area contributed by atoms with Crippen molar-refractivity contribution in [2.24, 2.45) is 10.4 Å². The molecule has 9 heteroatoms. The number of ether oxygens (including phenoxy) is 1. The lowest BCUT2D eigenvalue weighted by atomic mass is 9.84. The molecule has 1 saturated heterocycles. The standard InChI is InChI=1S/C33H49N5O4/c1-7-28-30(38(25-12-10-9-11-13-25)21-33(4,8-2)32(41)37(28)5)35-22(3)34-27-19-14-23(20-29(27)42-6)31(40)36-24-15-17-26(39)18-16-24/h7,14,19-20,24-26,34,39H,3,8-13,15-18,21H2,1-2,4-6H3,(H,36,40)/b28-7+,35-30+. The Morgan fingerprint density at radius 3 is 2.50 bits per heavy atom. The average Bonchev–Trinajstić information content (AvgIpc) is 3.07.